The van der Waals surface area contributed by atoms with Crippen LogP contribution in [0.5, 0.6) is 0 Å². The fraction of sp³-hybridized carbons (Fsp3) is 0.235. The lowest BCUT2D eigenvalue weighted by Crippen LogP contribution is -2.22. The molecule has 2 nitrogen and oxygen atoms in total. The van der Waals surface area contributed by atoms with Gasteiger partial charge < -0.3 is 4.90 Å². The molecule has 1 aliphatic heterocycles. The number of aliphatic imine (C=N–C) groups is 1. The minimum atomic E-state index is -0.196. The molecule has 2 aromatic rings. The van der Waals surface area contributed by atoms with Gasteiger partial charge in [-0.15, -0.1) is 0 Å². The predicted octanol–water partition coefficient (Wildman–Crippen LogP) is 4.46. The normalized spacial score (nSPS) is 15.0. The van der Waals surface area contributed by atoms with Gasteiger partial charge in [0.25, 0.3) is 0 Å². The zero-order valence-corrected chi connectivity index (χ0v) is 12.7. The Morgan fingerprint density at radius 1 is 1.24 bits per heavy atom. The van der Waals surface area contributed by atoms with E-state index in [4.69, 9.17) is 11.6 Å². The van der Waals surface area contributed by atoms with Gasteiger partial charge in [0.05, 0.1) is 0 Å². The van der Waals surface area contributed by atoms with Gasteiger partial charge in [-0.3, -0.25) is 4.99 Å². The van der Waals surface area contributed by atoms with Crippen molar-refractivity contribution < 1.29 is 4.39 Å². The second kappa shape index (κ2) is 5.49. The molecule has 0 saturated heterocycles. The maximum Gasteiger partial charge on any atom is 0.127 e. The van der Waals surface area contributed by atoms with Crippen LogP contribution in [0, 0.1) is 5.82 Å². The van der Waals surface area contributed by atoms with Crippen LogP contribution in [0.25, 0.3) is 0 Å². The molecule has 4 heteroatoms. The number of hydrogen-bond acceptors (Lipinski definition) is 2. The Kier molecular flexibility index (Phi) is 3.68. The fourth-order valence-electron chi connectivity index (χ4n) is 2.63. The third kappa shape index (κ3) is 2.66. The van der Waals surface area contributed by atoms with Gasteiger partial charge in [0, 0.05) is 35.5 Å². The molecule has 1 atom stereocenters. The monoisotopic (exact) mass is 302 g/mol. The average molecular weight is 303 g/mol. The Balaban J connectivity index is 2.04. The molecule has 0 aromatic heterocycles. The molecule has 2 aromatic carbocycles. The van der Waals surface area contributed by atoms with Crippen molar-refractivity contribution in [2.45, 2.75) is 12.8 Å². The Labute approximate surface area is 128 Å². The smallest absolute Gasteiger partial charge is 0.127 e. The molecule has 3 rings (SSSR count). The molecule has 0 saturated carbocycles. The van der Waals surface area contributed by atoms with Crippen molar-refractivity contribution in [3.05, 3.63) is 63.9 Å². The van der Waals surface area contributed by atoms with Crippen LogP contribution in [-0.2, 0) is 0 Å². The van der Waals surface area contributed by atoms with Crippen molar-refractivity contribution in [3.63, 3.8) is 0 Å². The molecular formula is C17H16ClFN2. The topological polar surface area (TPSA) is 15.6 Å². The first-order valence-electron chi connectivity index (χ1n) is 6.86. The lowest BCUT2D eigenvalue weighted by atomic mass is 9.91. The number of hydrogen-bond donors (Lipinski definition) is 0. The van der Waals surface area contributed by atoms with Gasteiger partial charge in [0.15, 0.2) is 0 Å². The average Bonchev–Trinajstić information content (AvgIpc) is 2.47. The number of fused-ring (bicyclic) bond motifs is 1. The summed E-state index contributed by atoms with van der Waals surface area (Å²) in [5, 5.41) is 0.688. The summed E-state index contributed by atoms with van der Waals surface area (Å²) in [5.41, 5.74) is 3.58. The van der Waals surface area contributed by atoms with Crippen molar-refractivity contribution in [1.29, 1.82) is 0 Å². The largest absolute Gasteiger partial charge is 0.355 e. The highest BCUT2D eigenvalue weighted by molar-refractivity contribution is 6.30. The van der Waals surface area contributed by atoms with Gasteiger partial charge in [0.2, 0.25) is 0 Å². The Bertz CT molecular complexity index is 695. The SMILES string of the molecule is CC(c1ccc(Cl)cc1)c1cc2c(cc1F)C=NCN2C. The van der Waals surface area contributed by atoms with Crippen molar-refractivity contribution in [1.82, 2.24) is 0 Å². The number of rotatable bonds is 2. The highest BCUT2D eigenvalue weighted by Gasteiger charge is 2.19. The minimum absolute atomic E-state index is 0.0279. The van der Waals surface area contributed by atoms with E-state index in [2.05, 4.69) is 4.99 Å². The molecule has 1 aliphatic rings. The standard InChI is InChI=1S/C17H16ClFN2/c1-11(12-3-5-14(18)6-4-12)15-8-17-13(7-16(15)19)9-20-10-21(17)2/h3-9,11H,10H2,1-2H3. The van der Waals surface area contributed by atoms with Gasteiger partial charge in [0.1, 0.15) is 12.5 Å². The van der Waals surface area contributed by atoms with E-state index in [1.807, 2.05) is 49.2 Å². The quantitative estimate of drug-likeness (QED) is 0.800. The number of nitrogens with zero attached hydrogens (tertiary/aromatic N) is 2. The summed E-state index contributed by atoms with van der Waals surface area (Å²) >= 11 is 5.91. The third-order valence-electron chi connectivity index (χ3n) is 3.92. The number of anilines is 1. The summed E-state index contributed by atoms with van der Waals surface area (Å²) in [6, 6.07) is 11.0. The summed E-state index contributed by atoms with van der Waals surface area (Å²) in [6.45, 7) is 2.61. The molecular weight excluding hydrogens is 287 g/mol. The molecule has 0 radical (unpaired) electrons. The van der Waals surface area contributed by atoms with Crippen LogP contribution in [0.4, 0.5) is 10.1 Å². The molecule has 108 valence electrons. The molecule has 1 heterocycles. The highest BCUT2D eigenvalue weighted by Crippen LogP contribution is 2.32. The zero-order chi connectivity index (χ0) is 15.0. The Hall–Kier alpha value is -1.87. The van der Waals surface area contributed by atoms with E-state index in [9.17, 15) is 4.39 Å². The van der Waals surface area contributed by atoms with Crippen molar-refractivity contribution in [2.24, 2.45) is 4.99 Å². The van der Waals surface area contributed by atoms with Crippen LogP contribution in [0.1, 0.15) is 29.5 Å². The number of benzene rings is 2. The molecule has 0 fully saturated rings. The lowest BCUT2D eigenvalue weighted by molar-refractivity contribution is 0.602. The molecule has 0 bridgehead atoms. The van der Waals surface area contributed by atoms with Crippen LogP contribution in [0.15, 0.2) is 41.4 Å². The van der Waals surface area contributed by atoms with Gasteiger partial charge in [-0.05, 0) is 35.4 Å². The zero-order valence-electron chi connectivity index (χ0n) is 12.0. The van der Waals surface area contributed by atoms with Crippen LogP contribution >= 0.6 is 11.6 Å². The van der Waals surface area contributed by atoms with E-state index >= 15 is 0 Å². The van der Waals surface area contributed by atoms with Gasteiger partial charge in [-0.1, -0.05) is 30.7 Å². The maximum atomic E-state index is 14.4. The van der Waals surface area contributed by atoms with E-state index < -0.39 is 0 Å². The molecule has 0 spiro atoms. The lowest BCUT2D eigenvalue weighted by Gasteiger charge is -2.25. The molecule has 0 aliphatic carbocycles. The predicted molar refractivity (Wildman–Crippen MR) is 86.2 cm³/mol. The first-order chi connectivity index (χ1) is 10.1. The first-order valence-corrected chi connectivity index (χ1v) is 7.24. The summed E-state index contributed by atoms with van der Waals surface area (Å²) in [7, 11) is 1.96. The van der Waals surface area contributed by atoms with Crippen molar-refractivity contribution in [2.75, 3.05) is 18.6 Å². The third-order valence-corrected chi connectivity index (χ3v) is 4.17. The fourth-order valence-corrected chi connectivity index (χ4v) is 2.75. The Morgan fingerprint density at radius 2 is 1.95 bits per heavy atom. The second-order valence-electron chi connectivity index (χ2n) is 5.36. The van der Waals surface area contributed by atoms with Crippen LogP contribution in [0.3, 0.4) is 0 Å². The maximum absolute atomic E-state index is 14.4. The van der Waals surface area contributed by atoms with Crippen LogP contribution in [0.2, 0.25) is 5.02 Å². The number of halogens is 2. The van der Waals surface area contributed by atoms with Gasteiger partial charge in [-0.2, -0.15) is 0 Å². The van der Waals surface area contributed by atoms with E-state index in [0.29, 0.717) is 17.3 Å². The minimum Gasteiger partial charge on any atom is -0.355 e. The molecule has 21 heavy (non-hydrogen) atoms. The van der Waals surface area contributed by atoms with Crippen LogP contribution < -0.4 is 4.90 Å². The van der Waals surface area contributed by atoms with E-state index in [-0.39, 0.29) is 11.7 Å². The Morgan fingerprint density at radius 3 is 2.67 bits per heavy atom. The highest BCUT2D eigenvalue weighted by atomic mass is 35.5. The van der Waals surface area contributed by atoms with E-state index in [0.717, 1.165) is 16.8 Å². The van der Waals surface area contributed by atoms with Crippen LogP contribution in [-0.4, -0.2) is 19.9 Å². The summed E-state index contributed by atoms with van der Waals surface area (Å²) in [6.07, 6.45) is 1.73. The summed E-state index contributed by atoms with van der Waals surface area (Å²) in [5.74, 6) is -0.224. The molecule has 0 amide bonds. The molecule has 1 unspecified atom stereocenters. The van der Waals surface area contributed by atoms with Gasteiger partial charge in [-0.25, -0.2) is 4.39 Å². The van der Waals surface area contributed by atoms with Crippen molar-refractivity contribution in [3.8, 4) is 0 Å². The van der Waals surface area contributed by atoms with Crippen molar-refractivity contribution >= 4 is 23.5 Å². The molecule has 0 N–H and O–H groups in total. The van der Waals surface area contributed by atoms with E-state index in [1.165, 1.54) is 0 Å². The summed E-state index contributed by atoms with van der Waals surface area (Å²) in [4.78, 5) is 6.22. The summed E-state index contributed by atoms with van der Waals surface area (Å²) < 4.78 is 14.4. The van der Waals surface area contributed by atoms with Gasteiger partial charge >= 0.3 is 0 Å². The second-order valence-corrected chi connectivity index (χ2v) is 5.79. The van der Waals surface area contributed by atoms with E-state index in [1.54, 1.807) is 12.3 Å². The first kappa shape index (κ1) is 14.1.